The summed E-state index contributed by atoms with van der Waals surface area (Å²) in [6.45, 7) is 2.17. The van der Waals surface area contributed by atoms with Crippen molar-refractivity contribution in [1.82, 2.24) is 4.98 Å². The first-order valence-electron chi connectivity index (χ1n) is 5.34. The summed E-state index contributed by atoms with van der Waals surface area (Å²) in [5.41, 5.74) is 6.88. The van der Waals surface area contributed by atoms with Crippen LogP contribution >= 0.6 is 0 Å². The molecule has 0 radical (unpaired) electrons. The number of nitrogen functional groups attached to an aromatic ring is 1. The zero-order valence-corrected chi connectivity index (χ0v) is 8.99. The lowest BCUT2D eigenvalue weighted by Crippen LogP contribution is -2.28. The summed E-state index contributed by atoms with van der Waals surface area (Å²) < 4.78 is 0. The Morgan fingerprint density at radius 3 is 2.73 bits per heavy atom. The maximum atomic E-state index is 11.9. The number of carbonyl (C=O) groups is 1. The van der Waals surface area contributed by atoms with Gasteiger partial charge in [-0.15, -0.1) is 0 Å². The Morgan fingerprint density at radius 2 is 2.27 bits per heavy atom. The normalized spacial score (nSPS) is 18.2. The first kappa shape index (κ1) is 10.1. The Balaban J connectivity index is 2.04. The van der Waals surface area contributed by atoms with Gasteiger partial charge in [0.1, 0.15) is 5.69 Å². The van der Waals surface area contributed by atoms with E-state index in [0.717, 1.165) is 12.8 Å². The number of rotatable bonds is 3. The predicted octanol–water partition coefficient (Wildman–Crippen LogP) is 2.43. The lowest BCUT2D eigenvalue weighted by atomic mass is 9.67. The van der Waals surface area contributed by atoms with E-state index in [4.69, 9.17) is 5.73 Å². The molecule has 1 aromatic heterocycles. The Morgan fingerprint density at radius 1 is 1.53 bits per heavy atom. The van der Waals surface area contributed by atoms with E-state index in [2.05, 4.69) is 11.9 Å². The van der Waals surface area contributed by atoms with E-state index >= 15 is 0 Å². The van der Waals surface area contributed by atoms with E-state index in [-0.39, 0.29) is 11.2 Å². The van der Waals surface area contributed by atoms with Crippen molar-refractivity contribution in [1.29, 1.82) is 0 Å². The highest BCUT2D eigenvalue weighted by molar-refractivity contribution is 5.94. The van der Waals surface area contributed by atoms with Gasteiger partial charge in [-0.2, -0.15) is 0 Å². The average Bonchev–Trinajstić information content (AvgIpc) is 2.16. The molecule has 1 saturated carbocycles. The van der Waals surface area contributed by atoms with Crippen LogP contribution in [0.3, 0.4) is 0 Å². The number of aromatic nitrogens is 1. The molecule has 0 atom stereocenters. The summed E-state index contributed by atoms with van der Waals surface area (Å²) in [7, 11) is 0. The molecule has 0 saturated heterocycles. The molecule has 3 heteroatoms. The van der Waals surface area contributed by atoms with Crippen LogP contribution in [0.1, 0.15) is 43.1 Å². The van der Waals surface area contributed by atoms with Crippen molar-refractivity contribution in [3.63, 3.8) is 0 Å². The van der Waals surface area contributed by atoms with E-state index in [1.807, 2.05) is 0 Å². The molecule has 1 aliphatic rings. The number of hydrogen-bond donors (Lipinski definition) is 1. The predicted molar refractivity (Wildman–Crippen MR) is 59.6 cm³/mol. The van der Waals surface area contributed by atoms with E-state index in [9.17, 15) is 4.79 Å². The number of nitrogens with two attached hydrogens (primary N) is 1. The molecule has 1 heterocycles. The van der Waals surface area contributed by atoms with Crippen molar-refractivity contribution >= 4 is 11.5 Å². The highest BCUT2D eigenvalue weighted by Gasteiger charge is 2.34. The molecule has 15 heavy (non-hydrogen) atoms. The third-order valence-electron chi connectivity index (χ3n) is 3.22. The van der Waals surface area contributed by atoms with Gasteiger partial charge in [0.2, 0.25) is 0 Å². The van der Waals surface area contributed by atoms with Gasteiger partial charge in [-0.05, 0) is 30.4 Å². The van der Waals surface area contributed by atoms with E-state index < -0.39 is 0 Å². The van der Waals surface area contributed by atoms with Crippen LogP contribution in [-0.4, -0.2) is 10.8 Å². The molecular weight excluding hydrogens is 188 g/mol. The second-order valence-corrected chi connectivity index (χ2v) is 4.74. The van der Waals surface area contributed by atoms with Gasteiger partial charge in [0, 0.05) is 6.42 Å². The molecule has 3 nitrogen and oxygen atoms in total. The molecule has 80 valence electrons. The number of nitrogens with zero attached hydrogens (tertiary/aromatic N) is 1. The van der Waals surface area contributed by atoms with Gasteiger partial charge >= 0.3 is 0 Å². The molecule has 2 N–H and O–H groups in total. The third-order valence-corrected chi connectivity index (χ3v) is 3.22. The van der Waals surface area contributed by atoms with Crippen LogP contribution in [0.5, 0.6) is 0 Å². The van der Waals surface area contributed by atoms with Crippen LogP contribution in [-0.2, 0) is 0 Å². The fraction of sp³-hybridized carbons (Fsp3) is 0.500. The minimum Gasteiger partial charge on any atom is -0.397 e. The molecule has 0 amide bonds. The van der Waals surface area contributed by atoms with Crippen molar-refractivity contribution in [2.24, 2.45) is 5.41 Å². The zero-order valence-electron chi connectivity index (χ0n) is 8.99. The number of anilines is 1. The highest BCUT2D eigenvalue weighted by Crippen LogP contribution is 2.43. The number of carbonyl (C=O) groups excluding carboxylic acids is 1. The largest absolute Gasteiger partial charge is 0.397 e. The number of ketones is 1. The summed E-state index contributed by atoms with van der Waals surface area (Å²) in [4.78, 5) is 15.9. The monoisotopic (exact) mass is 204 g/mol. The fourth-order valence-corrected chi connectivity index (χ4v) is 2.01. The number of Topliss-reactive ketones (excluding diaryl/α,β-unsaturated/α-hetero) is 1. The van der Waals surface area contributed by atoms with Gasteiger partial charge in [-0.1, -0.05) is 13.3 Å². The van der Waals surface area contributed by atoms with E-state index in [1.54, 1.807) is 12.1 Å². The highest BCUT2D eigenvalue weighted by atomic mass is 16.1. The number of hydrogen-bond acceptors (Lipinski definition) is 3. The van der Waals surface area contributed by atoms with Crippen LogP contribution in [0.2, 0.25) is 0 Å². The van der Waals surface area contributed by atoms with Gasteiger partial charge < -0.3 is 5.73 Å². The van der Waals surface area contributed by atoms with E-state index in [0.29, 0.717) is 17.8 Å². The van der Waals surface area contributed by atoms with E-state index in [1.165, 1.54) is 12.6 Å². The molecule has 0 spiro atoms. The lowest BCUT2D eigenvalue weighted by molar-refractivity contribution is 0.0811. The first-order valence-corrected chi connectivity index (χ1v) is 5.34. The third kappa shape index (κ3) is 2.17. The first-order chi connectivity index (χ1) is 7.09. The summed E-state index contributed by atoms with van der Waals surface area (Å²) in [5.74, 6) is 0.136. The zero-order chi connectivity index (χ0) is 10.9. The molecule has 1 fully saturated rings. The summed E-state index contributed by atoms with van der Waals surface area (Å²) >= 11 is 0. The van der Waals surface area contributed by atoms with Gasteiger partial charge in [0.15, 0.2) is 5.78 Å². The molecule has 1 aliphatic carbocycles. The van der Waals surface area contributed by atoms with Gasteiger partial charge in [-0.25, -0.2) is 0 Å². The lowest BCUT2D eigenvalue weighted by Gasteiger charge is -2.37. The van der Waals surface area contributed by atoms with Gasteiger partial charge in [-0.3, -0.25) is 9.78 Å². The fourth-order valence-electron chi connectivity index (χ4n) is 2.01. The topological polar surface area (TPSA) is 56.0 Å². The minimum absolute atomic E-state index is 0.136. The Labute approximate surface area is 89.7 Å². The van der Waals surface area contributed by atoms with Crippen molar-refractivity contribution in [3.05, 3.63) is 24.0 Å². The molecular formula is C12H16N2O. The summed E-state index contributed by atoms with van der Waals surface area (Å²) in [5, 5.41) is 0. The van der Waals surface area contributed by atoms with Crippen molar-refractivity contribution in [3.8, 4) is 0 Å². The molecule has 0 bridgehead atoms. The average molecular weight is 204 g/mol. The van der Waals surface area contributed by atoms with Crippen LogP contribution in [0.25, 0.3) is 0 Å². The SMILES string of the molecule is CC1(CC(=O)c2ccc(N)cn2)CCC1. The standard InChI is InChI=1S/C12H16N2O/c1-12(5-2-6-12)7-11(15)10-4-3-9(13)8-14-10/h3-4,8H,2,5-7,13H2,1H3. The quantitative estimate of drug-likeness (QED) is 0.769. The second-order valence-electron chi connectivity index (χ2n) is 4.74. The number of pyridine rings is 1. The molecule has 0 unspecified atom stereocenters. The van der Waals surface area contributed by atoms with Crippen molar-refractivity contribution < 1.29 is 4.79 Å². The second kappa shape index (κ2) is 3.65. The Hall–Kier alpha value is -1.38. The van der Waals surface area contributed by atoms with Gasteiger partial charge in [0.05, 0.1) is 11.9 Å². The minimum atomic E-state index is 0.136. The Bertz CT molecular complexity index is 366. The maximum Gasteiger partial charge on any atom is 0.181 e. The molecule has 2 rings (SSSR count). The summed E-state index contributed by atoms with van der Waals surface area (Å²) in [6, 6.07) is 3.43. The van der Waals surface area contributed by atoms with Crippen molar-refractivity contribution in [2.75, 3.05) is 5.73 Å². The van der Waals surface area contributed by atoms with Crippen LogP contribution in [0, 0.1) is 5.41 Å². The smallest absolute Gasteiger partial charge is 0.181 e. The van der Waals surface area contributed by atoms with Crippen molar-refractivity contribution in [2.45, 2.75) is 32.6 Å². The maximum absolute atomic E-state index is 11.9. The van der Waals surface area contributed by atoms with Crippen LogP contribution < -0.4 is 5.73 Å². The van der Waals surface area contributed by atoms with Crippen LogP contribution in [0.15, 0.2) is 18.3 Å². The molecule has 0 aromatic carbocycles. The molecule has 1 aromatic rings. The van der Waals surface area contributed by atoms with Gasteiger partial charge in [0.25, 0.3) is 0 Å². The Kier molecular flexibility index (Phi) is 2.47. The van der Waals surface area contributed by atoms with Crippen LogP contribution in [0.4, 0.5) is 5.69 Å². The summed E-state index contributed by atoms with van der Waals surface area (Å²) in [6.07, 6.45) is 5.72. The molecule has 0 aliphatic heterocycles.